The van der Waals surface area contributed by atoms with Crippen molar-refractivity contribution >= 4 is 28.1 Å². The summed E-state index contributed by atoms with van der Waals surface area (Å²) >= 11 is 1.59. The molecule has 2 aromatic carbocycles. The van der Waals surface area contributed by atoms with Crippen LogP contribution in [0.2, 0.25) is 0 Å². The predicted octanol–water partition coefficient (Wildman–Crippen LogP) is 3.16. The number of hydrogen-bond acceptors (Lipinski definition) is 7. The summed E-state index contributed by atoms with van der Waals surface area (Å²) in [4.78, 5) is 23.3. The zero-order valence-corrected chi connectivity index (χ0v) is 17.4. The lowest BCUT2D eigenvalue weighted by Crippen LogP contribution is -2.42. The third-order valence-electron chi connectivity index (χ3n) is 5.88. The van der Waals surface area contributed by atoms with Gasteiger partial charge in [-0.05, 0) is 17.7 Å². The number of carbonyl (C=O) groups excluding carboxylic acids is 1. The van der Waals surface area contributed by atoms with Gasteiger partial charge in [0.15, 0.2) is 16.6 Å². The van der Waals surface area contributed by atoms with Crippen LogP contribution in [0.5, 0.6) is 17.2 Å². The average molecular weight is 421 g/mol. The normalized spacial score (nSPS) is 20.5. The lowest BCUT2D eigenvalue weighted by molar-refractivity contribution is -0.122. The average Bonchev–Trinajstić information content (AvgIpc) is 3.51. The quantitative estimate of drug-likeness (QED) is 0.647. The van der Waals surface area contributed by atoms with Gasteiger partial charge in [-0.2, -0.15) is 0 Å². The van der Waals surface area contributed by atoms with Crippen LogP contribution in [0.25, 0.3) is 0 Å². The number of thiazole rings is 1. The van der Waals surface area contributed by atoms with Crippen molar-refractivity contribution < 1.29 is 19.0 Å². The molecular formula is C22H19N3O4S. The Morgan fingerprint density at radius 3 is 2.70 bits per heavy atom. The topological polar surface area (TPSA) is 64.1 Å². The molecule has 1 unspecified atom stereocenters. The molecule has 0 aliphatic carbocycles. The minimum Gasteiger partial charge on any atom is -0.491 e. The van der Waals surface area contributed by atoms with Crippen molar-refractivity contribution in [2.45, 2.75) is 12.0 Å². The van der Waals surface area contributed by atoms with Gasteiger partial charge in [-0.15, -0.1) is 11.3 Å². The van der Waals surface area contributed by atoms with E-state index in [1.807, 2.05) is 66.5 Å². The van der Waals surface area contributed by atoms with Gasteiger partial charge in [-0.3, -0.25) is 4.79 Å². The molecule has 3 aromatic rings. The van der Waals surface area contributed by atoms with Gasteiger partial charge in [-0.1, -0.05) is 18.2 Å². The summed E-state index contributed by atoms with van der Waals surface area (Å²) in [7, 11) is 3.93. The van der Waals surface area contributed by atoms with E-state index in [4.69, 9.17) is 14.2 Å². The second-order valence-electron chi connectivity index (χ2n) is 7.81. The van der Waals surface area contributed by atoms with Crippen molar-refractivity contribution in [1.82, 2.24) is 4.98 Å². The minimum atomic E-state index is -0.873. The molecule has 1 spiro atoms. The number of carbonyl (C=O) groups is 1. The van der Waals surface area contributed by atoms with Crippen LogP contribution >= 0.6 is 11.3 Å². The maximum Gasteiger partial charge on any atom is 0.246 e. The van der Waals surface area contributed by atoms with E-state index in [1.54, 1.807) is 11.3 Å². The van der Waals surface area contributed by atoms with Crippen LogP contribution in [0.4, 0.5) is 10.8 Å². The van der Waals surface area contributed by atoms with Crippen LogP contribution in [0, 0.1) is 0 Å². The van der Waals surface area contributed by atoms with Crippen LogP contribution in [-0.2, 0) is 16.8 Å². The molecule has 0 N–H and O–H groups in total. The van der Waals surface area contributed by atoms with Crippen molar-refractivity contribution in [3.8, 4) is 17.2 Å². The molecule has 6 rings (SSSR count). The highest BCUT2D eigenvalue weighted by Gasteiger charge is 2.57. The molecule has 4 heterocycles. The number of para-hydroxylation sites is 1. The molecular weight excluding hydrogens is 402 g/mol. The Hall–Kier alpha value is -3.26. The predicted molar refractivity (Wildman–Crippen MR) is 113 cm³/mol. The Labute approximate surface area is 177 Å². The molecule has 0 bridgehead atoms. The number of rotatable bonds is 3. The SMILES string of the molecule is CN(C)c1ncc(CN2C(=O)C3(COc4cc5c(cc43)OCO5)c3ccccc32)s1. The lowest BCUT2D eigenvalue weighted by atomic mass is 9.77. The number of benzene rings is 2. The lowest BCUT2D eigenvalue weighted by Gasteiger charge is -2.22. The molecule has 152 valence electrons. The molecule has 3 aliphatic heterocycles. The van der Waals surface area contributed by atoms with E-state index >= 15 is 0 Å². The number of aromatic nitrogens is 1. The largest absolute Gasteiger partial charge is 0.491 e. The fourth-order valence-electron chi connectivity index (χ4n) is 4.45. The third kappa shape index (κ3) is 2.25. The summed E-state index contributed by atoms with van der Waals surface area (Å²) < 4.78 is 17.1. The van der Waals surface area contributed by atoms with Crippen molar-refractivity contribution in [3.05, 3.63) is 58.6 Å². The number of ether oxygens (including phenoxy) is 3. The zero-order chi connectivity index (χ0) is 20.5. The second kappa shape index (κ2) is 6.12. The van der Waals surface area contributed by atoms with E-state index in [0.29, 0.717) is 23.8 Å². The fraction of sp³-hybridized carbons (Fsp3) is 0.273. The smallest absolute Gasteiger partial charge is 0.246 e. The van der Waals surface area contributed by atoms with E-state index < -0.39 is 5.41 Å². The highest BCUT2D eigenvalue weighted by Crippen LogP contribution is 2.55. The Morgan fingerprint density at radius 1 is 1.10 bits per heavy atom. The first-order chi connectivity index (χ1) is 14.6. The summed E-state index contributed by atoms with van der Waals surface area (Å²) in [6.45, 7) is 0.924. The summed E-state index contributed by atoms with van der Waals surface area (Å²) in [5.74, 6) is 2.00. The van der Waals surface area contributed by atoms with Gasteiger partial charge in [0.2, 0.25) is 12.7 Å². The summed E-state index contributed by atoms with van der Waals surface area (Å²) in [5, 5.41) is 0.918. The maximum absolute atomic E-state index is 13.9. The highest BCUT2D eigenvalue weighted by atomic mass is 32.1. The summed E-state index contributed by atoms with van der Waals surface area (Å²) in [6.07, 6.45) is 1.85. The minimum absolute atomic E-state index is 0.0149. The van der Waals surface area contributed by atoms with Gasteiger partial charge in [0.25, 0.3) is 0 Å². The van der Waals surface area contributed by atoms with Crippen molar-refractivity contribution in [1.29, 1.82) is 0 Å². The van der Waals surface area contributed by atoms with E-state index in [1.165, 1.54) is 0 Å². The molecule has 7 nitrogen and oxygen atoms in total. The molecule has 1 aromatic heterocycles. The molecule has 0 fully saturated rings. The molecule has 3 aliphatic rings. The van der Waals surface area contributed by atoms with E-state index in [0.717, 1.165) is 26.8 Å². The van der Waals surface area contributed by atoms with Gasteiger partial charge in [-0.25, -0.2) is 4.98 Å². The fourth-order valence-corrected chi connectivity index (χ4v) is 5.28. The zero-order valence-electron chi connectivity index (χ0n) is 16.5. The Morgan fingerprint density at radius 2 is 1.90 bits per heavy atom. The van der Waals surface area contributed by atoms with Crippen molar-refractivity contribution in [2.24, 2.45) is 0 Å². The standard InChI is InChI=1S/C22H19N3O4S/c1-24(2)21-23-9-13(30-21)10-25-16-6-4-3-5-14(16)22(20(25)26)11-27-17-8-19-18(7-15(17)22)28-12-29-19/h3-9H,10-12H2,1-2H3. The first-order valence-corrected chi connectivity index (χ1v) is 10.5. The van der Waals surface area contributed by atoms with Crippen LogP contribution in [0.1, 0.15) is 16.0 Å². The Bertz CT molecular complexity index is 1190. The Kier molecular flexibility index (Phi) is 3.59. The van der Waals surface area contributed by atoms with E-state index in [2.05, 4.69) is 4.98 Å². The molecule has 0 saturated heterocycles. The number of fused-ring (bicyclic) bond motifs is 5. The van der Waals surface area contributed by atoms with Gasteiger partial charge in [0.05, 0.1) is 6.54 Å². The van der Waals surface area contributed by atoms with Crippen LogP contribution in [-0.4, -0.2) is 38.4 Å². The van der Waals surface area contributed by atoms with Crippen molar-refractivity contribution in [2.75, 3.05) is 37.3 Å². The Balaban J connectivity index is 1.46. The van der Waals surface area contributed by atoms with E-state index in [9.17, 15) is 4.79 Å². The van der Waals surface area contributed by atoms with Crippen LogP contribution in [0.15, 0.2) is 42.6 Å². The number of anilines is 2. The number of hydrogen-bond donors (Lipinski definition) is 0. The maximum atomic E-state index is 13.9. The molecule has 0 radical (unpaired) electrons. The van der Waals surface area contributed by atoms with Gasteiger partial charge < -0.3 is 24.0 Å². The van der Waals surface area contributed by atoms with Crippen molar-refractivity contribution in [3.63, 3.8) is 0 Å². The first kappa shape index (κ1) is 17.6. The monoisotopic (exact) mass is 421 g/mol. The first-order valence-electron chi connectivity index (χ1n) is 9.68. The van der Waals surface area contributed by atoms with Gasteiger partial charge >= 0.3 is 0 Å². The molecule has 0 saturated carbocycles. The van der Waals surface area contributed by atoms with Crippen LogP contribution in [0.3, 0.4) is 0 Å². The van der Waals surface area contributed by atoms with Gasteiger partial charge in [0, 0.05) is 42.5 Å². The molecule has 8 heteroatoms. The summed E-state index contributed by atoms with van der Waals surface area (Å²) in [5.41, 5.74) is 1.84. The van der Waals surface area contributed by atoms with E-state index in [-0.39, 0.29) is 19.3 Å². The van der Waals surface area contributed by atoms with Crippen LogP contribution < -0.4 is 24.0 Å². The highest BCUT2D eigenvalue weighted by molar-refractivity contribution is 7.15. The number of amides is 1. The third-order valence-corrected chi connectivity index (χ3v) is 7.03. The molecule has 1 amide bonds. The molecule has 30 heavy (non-hydrogen) atoms. The summed E-state index contributed by atoms with van der Waals surface area (Å²) in [6, 6.07) is 11.7. The van der Waals surface area contributed by atoms with Gasteiger partial charge in [0.1, 0.15) is 17.8 Å². The molecule has 1 atom stereocenters. The second-order valence-corrected chi connectivity index (χ2v) is 8.90. The number of nitrogens with zero attached hydrogens (tertiary/aromatic N) is 3.